The highest BCUT2D eigenvalue weighted by atomic mass is 79.9. The van der Waals surface area contributed by atoms with Crippen LogP contribution in [0, 0.1) is 0 Å². The van der Waals surface area contributed by atoms with Crippen LogP contribution in [-0.2, 0) is 0 Å². The number of carbonyl (C=O) groups excluding carboxylic acids is 2. The normalized spacial score (nSPS) is 13.3. The summed E-state index contributed by atoms with van der Waals surface area (Å²) in [5.74, 6) is -1.11. The van der Waals surface area contributed by atoms with Crippen molar-refractivity contribution in [2.45, 2.75) is 0 Å². The second-order valence-corrected chi connectivity index (χ2v) is 6.86. The lowest BCUT2D eigenvalue weighted by Gasteiger charge is -2.20. The Hall–Kier alpha value is -2.52. The standard InChI is InChI=1S/C16H11Br2N5O2/c17-8-5-9(18)12(22-16(21)23-15(19)20)11-10(8)13(24)6-3-1-2-4-7(6)14(11)25/h1-5H,(H6,19,20,21,22,23). The first-order valence-corrected chi connectivity index (χ1v) is 8.54. The van der Waals surface area contributed by atoms with Crippen LogP contribution >= 0.6 is 31.9 Å². The van der Waals surface area contributed by atoms with Gasteiger partial charge in [0.25, 0.3) is 0 Å². The largest absolute Gasteiger partial charge is 0.370 e. The molecule has 0 fully saturated rings. The molecule has 3 rings (SSSR count). The molecule has 7 nitrogen and oxygen atoms in total. The molecule has 0 atom stereocenters. The molecule has 126 valence electrons. The summed E-state index contributed by atoms with van der Waals surface area (Å²) >= 11 is 6.68. The molecule has 0 bridgehead atoms. The highest BCUT2D eigenvalue weighted by molar-refractivity contribution is 9.11. The van der Waals surface area contributed by atoms with E-state index in [0.717, 1.165) is 0 Å². The molecule has 1 aliphatic carbocycles. The third kappa shape index (κ3) is 2.96. The third-order valence-corrected chi connectivity index (χ3v) is 4.78. The predicted molar refractivity (Wildman–Crippen MR) is 102 cm³/mol. The lowest BCUT2D eigenvalue weighted by molar-refractivity contribution is 0.0979. The molecular weight excluding hydrogens is 454 g/mol. The molecule has 2 aromatic rings. The number of carbonyl (C=O) groups is 2. The summed E-state index contributed by atoms with van der Waals surface area (Å²) in [4.78, 5) is 33.6. The Morgan fingerprint density at radius 3 is 2.00 bits per heavy atom. The van der Waals surface area contributed by atoms with Crippen LogP contribution in [0.15, 0.2) is 49.3 Å². The summed E-state index contributed by atoms with van der Waals surface area (Å²) in [6.07, 6.45) is 0. The van der Waals surface area contributed by atoms with Gasteiger partial charge in [0.2, 0.25) is 5.96 Å². The minimum absolute atomic E-state index is 0.138. The van der Waals surface area contributed by atoms with Gasteiger partial charge in [-0.1, -0.05) is 24.3 Å². The van der Waals surface area contributed by atoms with Gasteiger partial charge >= 0.3 is 0 Å². The second-order valence-electron chi connectivity index (χ2n) is 5.15. The van der Waals surface area contributed by atoms with E-state index in [-0.39, 0.29) is 40.3 Å². The van der Waals surface area contributed by atoms with Gasteiger partial charge in [-0.25, -0.2) is 4.99 Å². The maximum Gasteiger partial charge on any atom is 0.223 e. The molecule has 6 N–H and O–H groups in total. The lowest BCUT2D eigenvalue weighted by atomic mass is 9.83. The van der Waals surface area contributed by atoms with Gasteiger partial charge < -0.3 is 17.2 Å². The SMILES string of the molecule is NC(N)=NC(N)=Nc1c(Br)cc(Br)c2c1C(=O)c1ccccc1C2=O. The Balaban J connectivity index is 2.33. The van der Waals surface area contributed by atoms with Gasteiger partial charge in [0.05, 0.1) is 16.8 Å². The monoisotopic (exact) mass is 463 g/mol. The number of halogens is 2. The van der Waals surface area contributed by atoms with E-state index in [1.807, 2.05) is 0 Å². The average Bonchev–Trinajstić information content (AvgIpc) is 2.54. The number of ketones is 2. The summed E-state index contributed by atoms with van der Waals surface area (Å²) in [6.45, 7) is 0. The van der Waals surface area contributed by atoms with E-state index in [4.69, 9.17) is 17.2 Å². The maximum absolute atomic E-state index is 13.0. The highest BCUT2D eigenvalue weighted by Crippen LogP contribution is 2.42. The number of nitrogens with zero attached hydrogens (tertiary/aromatic N) is 2. The smallest absolute Gasteiger partial charge is 0.223 e. The quantitative estimate of drug-likeness (QED) is 0.374. The Bertz CT molecular complexity index is 994. The fourth-order valence-electron chi connectivity index (χ4n) is 2.58. The Kier molecular flexibility index (Phi) is 4.44. The summed E-state index contributed by atoms with van der Waals surface area (Å²) in [5.41, 5.74) is 17.5. The number of rotatable bonds is 1. The zero-order chi connectivity index (χ0) is 18.3. The van der Waals surface area contributed by atoms with Crippen molar-refractivity contribution in [3.8, 4) is 0 Å². The van der Waals surface area contributed by atoms with E-state index in [9.17, 15) is 9.59 Å². The van der Waals surface area contributed by atoms with E-state index in [1.54, 1.807) is 30.3 Å². The van der Waals surface area contributed by atoms with Crippen LogP contribution in [-0.4, -0.2) is 23.5 Å². The number of nitrogens with two attached hydrogens (primary N) is 3. The number of hydrogen-bond donors (Lipinski definition) is 3. The van der Waals surface area contributed by atoms with Gasteiger partial charge in [0, 0.05) is 20.1 Å². The molecule has 0 amide bonds. The number of benzene rings is 2. The molecule has 2 aromatic carbocycles. The molecule has 0 saturated heterocycles. The van der Waals surface area contributed by atoms with Crippen molar-refractivity contribution in [1.29, 1.82) is 0 Å². The number of fused-ring (bicyclic) bond motifs is 2. The summed E-state index contributed by atoms with van der Waals surface area (Å²) in [6, 6.07) is 8.24. The topological polar surface area (TPSA) is 137 Å². The highest BCUT2D eigenvalue weighted by Gasteiger charge is 2.34. The van der Waals surface area contributed by atoms with Crippen LogP contribution in [0.3, 0.4) is 0 Å². The van der Waals surface area contributed by atoms with Crippen LogP contribution in [0.2, 0.25) is 0 Å². The maximum atomic E-state index is 13.0. The number of guanidine groups is 2. The van der Waals surface area contributed by atoms with Gasteiger partial charge in [-0.15, -0.1) is 0 Å². The minimum Gasteiger partial charge on any atom is -0.370 e. The molecule has 0 unspecified atom stereocenters. The Morgan fingerprint density at radius 1 is 0.880 bits per heavy atom. The summed E-state index contributed by atoms with van der Waals surface area (Å²) in [5, 5.41) is 0. The molecule has 0 radical (unpaired) electrons. The van der Waals surface area contributed by atoms with Gasteiger partial charge in [0.15, 0.2) is 17.5 Å². The minimum atomic E-state index is -0.330. The van der Waals surface area contributed by atoms with Gasteiger partial charge in [-0.05, 0) is 37.9 Å². The Morgan fingerprint density at radius 2 is 1.44 bits per heavy atom. The van der Waals surface area contributed by atoms with Crippen LogP contribution in [0.1, 0.15) is 31.8 Å². The van der Waals surface area contributed by atoms with Crippen molar-refractivity contribution in [3.05, 3.63) is 61.5 Å². The van der Waals surface area contributed by atoms with E-state index in [1.165, 1.54) is 0 Å². The third-order valence-electron chi connectivity index (χ3n) is 3.55. The first-order valence-electron chi connectivity index (χ1n) is 6.95. The Labute approximate surface area is 159 Å². The fourth-order valence-corrected chi connectivity index (χ4v) is 4.01. The number of hydrogen-bond acceptors (Lipinski definition) is 3. The molecule has 0 heterocycles. The molecule has 0 aromatic heterocycles. The zero-order valence-corrected chi connectivity index (χ0v) is 15.8. The first-order chi connectivity index (χ1) is 11.8. The van der Waals surface area contributed by atoms with Crippen molar-refractivity contribution in [2.24, 2.45) is 27.2 Å². The summed E-state index contributed by atoms with van der Waals surface area (Å²) < 4.78 is 0.939. The molecule has 25 heavy (non-hydrogen) atoms. The van der Waals surface area contributed by atoms with E-state index >= 15 is 0 Å². The predicted octanol–water partition coefficient (Wildman–Crippen LogP) is 2.21. The number of aliphatic imine (C=N–C) groups is 2. The fraction of sp³-hybridized carbons (Fsp3) is 0. The van der Waals surface area contributed by atoms with Crippen LogP contribution in [0.5, 0.6) is 0 Å². The van der Waals surface area contributed by atoms with Gasteiger partial charge in [0.1, 0.15) is 0 Å². The van der Waals surface area contributed by atoms with Crippen molar-refractivity contribution >= 4 is 61.0 Å². The van der Waals surface area contributed by atoms with Crippen molar-refractivity contribution < 1.29 is 9.59 Å². The first kappa shape index (κ1) is 17.3. The van der Waals surface area contributed by atoms with E-state index < -0.39 is 0 Å². The van der Waals surface area contributed by atoms with Crippen LogP contribution in [0.4, 0.5) is 5.69 Å². The van der Waals surface area contributed by atoms with Crippen molar-refractivity contribution in [2.75, 3.05) is 0 Å². The second kappa shape index (κ2) is 6.41. The lowest BCUT2D eigenvalue weighted by Crippen LogP contribution is -2.26. The molecule has 0 aliphatic heterocycles. The van der Waals surface area contributed by atoms with E-state index in [2.05, 4.69) is 41.8 Å². The van der Waals surface area contributed by atoms with E-state index in [0.29, 0.717) is 20.1 Å². The van der Waals surface area contributed by atoms with Gasteiger partial charge in [-0.2, -0.15) is 4.99 Å². The van der Waals surface area contributed by atoms with Gasteiger partial charge in [-0.3, -0.25) is 9.59 Å². The summed E-state index contributed by atoms with van der Waals surface area (Å²) in [7, 11) is 0. The molecular formula is C16H11Br2N5O2. The van der Waals surface area contributed by atoms with Crippen molar-refractivity contribution in [3.63, 3.8) is 0 Å². The molecule has 9 heteroatoms. The molecule has 0 spiro atoms. The van der Waals surface area contributed by atoms with Crippen LogP contribution < -0.4 is 17.2 Å². The average molecular weight is 465 g/mol. The zero-order valence-electron chi connectivity index (χ0n) is 12.6. The van der Waals surface area contributed by atoms with Crippen LogP contribution in [0.25, 0.3) is 0 Å². The van der Waals surface area contributed by atoms with Crippen molar-refractivity contribution in [1.82, 2.24) is 0 Å². The molecule has 1 aliphatic rings. The molecule has 0 saturated carbocycles.